The molecule has 0 saturated heterocycles. The SMILES string of the molecule is [C-]#[N+]C1=C[C@]2(C)C3=CC(=O)[C@@H]4[C@@H]5[C@@H](C)[C@H](C)CC[C@]5(c5nc(CO)no5)CC[C@@]4(C)[C@]3(C)CC[C@H]2C(C)(C)C1=O. The molecule has 3 fully saturated rings. The number of hydrogen-bond donors (Lipinski definition) is 1. The first-order valence-electron chi connectivity index (χ1n) is 15.1. The predicted octanol–water partition coefficient (Wildman–Crippen LogP) is 6.24. The number of aromatic nitrogens is 2. The molecule has 0 aromatic carbocycles. The molecule has 0 radical (unpaired) electrons. The van der Waals surface area contributed by atoms with Gasteiger partial charge in [0.05, 0.1) is 12.0 Å². The summed E-state index contributed by atoms with van der Waals surface area (Å²) in [5, 5.41) is 13.7. The highest BCUT2D eigenvalue weighted by Gasteiger charge is 2.71. The van der Waals surface area contributed by atoms with Crippen LogP contribution in [0.4, 0.5) is 0 Å². The van der Waals surface area contributed by atoms with Crippen molar-refractivity contribution in [2.45, 2.75) is 99.0 Å². The van der Waals surface area contributed by atoms with Crippen molar-refractivity contribution in [3.8, 4) is 0 Å². The van der Waals surface area contributed by atoms with Crippen molar-refractivity contribution in [1.29, 1.82) is 0 Å². The molecule has 3 saturated carbocycles. The highest BCUT2D eigenvalue weighted by atomic mass is 16.5. The molecule has 0 unspecified atom stereocenters. The molecular weight excluding hydrogens is 502 g/mol. The first kappa shape index (κ1) is 27.6. The number of carbonyl (C=O) groups excluding carboxylic acids is 2. The molecule has 1 heterocycles. The molecule has 0 spiro atoms. The molecular formula is C33H43N3O4. The lowest BCUT2D eigenvalue weighted by molar-refractivity contribution is -0.166. The van der Waals surface area contributed by atoms with E-state index in [1.807, 2.05) is 26.0 Å². The van der Waals surface area contributed by atoms with Gasteiger partial charge in [-0.25, -0.2) is 4.85 Å². The van der Waals surface area contributed by atoms with E-state index < -0.39 is 10.8 Å². The van der Waals surface area contributed by atoms with Gasteiger partial charge in [0.15, 0.2) is 17.4 Å². The molecule has 9 atom stereocenters. The second kappa shape index (κ2) is 8.47. The van der Waals surface area contributed by atoms with E-state index in [0.29, 0.717) is 17.6 Å². The molecule has 0 amide bonds. The number of allylic oxidation sites excluding steroid dienone is 4. The van der Waals surface area contributed by atoms with Crippen molar-refractivity contribution < 1.29 is 19.2 Å². The smallest absolute Gasteiger partial charge is 0.233 e. The minimum absolute atomic E-state index is 0.0388. The molecule has 7 heteroatoms. The van der Waals surface area contributed by atoms with Gasteiger partial charge < -0.3 is 14.4 Å². The molecule has 0 bridgehead atoms. The fourth-order valence-corrected chi connectivity index (χ4v) is 10.7. The lowest BCUT2D eigenvalue weighted by Crippen LogP contribution is -2.66. The Bertz CT molecular complexity index is 1400. The van der Waals surface area contributed by atoms with Crippen LogP contribution in [0.3, 0.4) is 0 Å². The summed E-state index contributed by atoms with van der Waals surface area (Å²) in [6.07, 6.45) is 9.30. The van der Waals surface area contributed by atoms with Crippen LogP contribution in [0.5, 0.6) is 0 Å². The third-order valence-electron chi connectivity index (χ3n) is 13.3. The van der Waals surface area contributed by atoms with Gasteiger partial charge in [-0.1, -0.05) is 65.3 Å². The molecule has 1 N–H and O–H groups in total. The summed E-state index contributed by atoms with van der Waals surface area (Å²) < 4.78 is 5.85. The van der Waals surface area contributed by atoms with Crippen molar-refractivity contribution in [3.63, 3.8) is 0 Å². The molecule has 5 aliphatic rings. The zero-order valence-electron chi connectivity index (χ0n) is 25.0. The molecule has 1 aromatic heterocycles. The summed E-state index contributed by atoms with van der Waals surface area (Å²) >= 11 is 0. The molecule has 6 rings (SSSR count). The number of rotatable bonds is 2. The zero-order valence-corrected chi connectivity index (χ0v) is 25.0. The van der Waals surface area contributed by atoms with Crippen LogP contribution in [0.25, 0.3) is 4.85 Å². The van der Waals surface area contributed by atoms with Gasteiger partial charge in [0, 0.05) is 16.7 Å². The minimum Gasteiger partial charge on any atom is -0.388 e. The molecule has 0 aliphatic heterocycles. The summed E-state index contributed by atoms with van der Waals surface area (Å²) in [6, 6.07) is 0. The van der Waals surface area contributed by atoms with Gasteiger partial charge in [-0.05, 0) is 79.1 Å². The Morgan fingerprint density at radius 1 is 1.07 bits per heavy atom. The highest BCUT2D eigenvalue weighted by Crippen LogP contribution is 2.74. The molecule has 7 nitrogen and oxygen atoms in total. The fraction of sp³-hybridized carbons (Fsp3) is 0.727. The Labute approximate surface area is 237 Å². The van der Waals surface area contributed by atoms with Gasteiger partial charge in [0.2, 0.25) is 11.6 Å². The van der Waals surface area contributed by atoms with Crippen molar-refractivity contribution in [3.05, 3.63) is 46.6 Å². The summed E-state index contributed by atoms with van der Waals surface area (Å²) in [7, 11) is 0. The van der Waals surface area contributed by atoms with Gasteiger partial charge in [0.1, 0.15) is 6.61 Å². The standard InChI is InChI=1S/C33H43N3O4/c1-18-9-12-33(28-35-24(17-37)36-40-28)14-13-32(7)26(25(33)19(18)2)21(38)15-23-30(5)16-20(34-8)27(39)29(3,4)22(30)10-11-31(23,32)6/h15-16,18-19,22,25-26,37H,9-14,17H2,1-7H3/t18-,19+,22+,25+,26-,30+,31-,32-,33+/m1/s1. The Hall–Kier alpha value is -2.59. The van der Waals surface area contributed by atoms with Crippen LogP contribution >= 0.6 is 0 Å². The number of fused-ring (bicyclic) bond motifs is 7. The average Bonchev–Trinajstić information content (AvgIpc) is 3.40. The van der Waals surface area contributed by atoms with E-state index in [-0.39, 0.29) is 63.8 Å². The summed E-state index contributed by atoms with van der Waals surface area (Å²) in [5.74, 6) is 1.63. The summed E-state index contributed by atoms with van der Waals surface area (Å²) in [6.45, 7) is 22.9. The van der Waals surface area contributed by atoms with E-state index in [2.05, 4.69) is 49.6 Å². The van der Waals surface area contributed by atoms with Crippen molar-refractivity contribution in [2.24, 2.45) is 51.2 Å². The minimum atomic E-state index is -0.663. The number of hydrogen-bond acceptors (Lipinski definition) is 6. The fourth-order valence-electron chi connectivity index (χ4n) is 10.7. The number of nitrogens with zero attached hydrogens (tertiary/aromatic N) is 3. The van der Waals surface area contributed by atoms with E-state index in [1.54, 1.807) is 0 Å². The van der Waals surface area contributed by atoms with Crippen LogP contribution in [0, 0.1) is 57.8 Å². The molecule has 5 aliphatic carbocycles. The summed E-state index contributed by atoms with van der Waals surface area (Å²) in [4.78, 5) is 36.2. The van der Waals surface area contributed by atoms with Crippen LogP contribution in [-0.4, -0.2) is 26.8 Å². The number of Topliss-reactive ketones (excluding diaryl/α,β-unsaturated/α-hetero) is 1. The third kappa shape index (κ3) is 3.15. The van der Waals surface area contributed by atoms with E-state index in [0.717, 1.165) is 44.1 Å². The Morgan fingerprint density at radius 3 is 2.45 bits per heavy atom. The Balaban J connectivity index is 1.54. The maximum atomic E-state index is 14.6. The zero-order chi connectivity index (χ0) is 29.0. The number of aliphatic hydroxyl groups excluding tert-OH is 1. The van der Waals surface area contributed by atoms with Crippen LogP contribution in [-0.2, 0) is 21.6 Å². The first-order chi connectivity index (χ1) is 18.7. The van der Waals surface area contributed by atoms with Gasteiger partial charge in [-0.15, -0.1) is 0 Å². The van der Waals surface area contributed by atoms with Crippen molar-refractivity contribution in [1.82, 2.24) is 10.1 Å². The molecule has 40 heavy (non-hydrogen) atoms. The Kier molecular flexibility index (Phi) is 5.84. The van der Waals surface area contributed by atoms with Gasteiger partial charge in [-0.2, -0.15) is 4.98 Å². The highest BCUT2D eigenvalue weighted by molar-refractivity contribution is 6.03. The average molecular weight is 546 g/mol. The number of aliphatic hydroxyl groups is 1. The van der Waals surface area contributed by atoms with Gasteiger partial charge >= 0.3 is 0 Å². The van der Waals surface area contributed by atoms with Gasteiger partial charge in [-0.3, -0.25) is 4.79 Å². The monoisotopic (exact) mass is 545 g/mol. The molecule has 1 aromatic rings. The van der Waals surface area contributed by atoms with E-state index in [4.69, 9.17) is 11.1 Å². The second-order valence-electron chi connectivity index (χ2n) is 15.0. The lowest BCUT2D eigenvalue weighted by atomic mass is 9.34. The first-order valence-corrected chi connectivity index (χ1v) is 15.1. The Morgan fingerprint density at radius 2 is 1.80 bits per heavy atom. The van der Waals surface area contributed by atoms with Crippen LogP contribution < -0.4 is 0 Å². The maximum absolute atomic E-state index is 14.6. The van der Waals surface area contributed by atoms with Crippen molar-refractivity contribution in [2.75, 3.05) is 0 Å². The molecule has 214 valence electrons. The van der Waals surface area contributed by atoms with Crippen LogP contribution in [0.2, 0.25) is 0 Å². The second-order valence-corrected chi connectivity index (χ2v) is 15.0. The summed E-state index contributed by atoms with van der Waals surface area (Å²) in [5.41, 5.74) is -0.799. The lowest BCUT2D eigenvalue weighted by Gasteiger charge is -2.69. The number of ketones is 2. The third-order valence-corrected chi connectivity index (χ3v) is 13.3. The van der Waals surface area contributed by atoms with Crippen LogP contribution in [0.15, 0.2) is 27.9 Å². The quantitative estimate of drug-likeness (QED) is 0.442. The number of carbonyl (C=O) groups is 2. The van der Waals surface area contributed by atoms with E-state index in [9.17, 15) is 14.7 Å². The predicted molar refractivity (Wildman–Crippen MR) is 149 cm³/mol. The van der Waals surface area contributed by atoms with Gasteiger partial charge in [0.25, 0.3) is 0 Å². The van der Waals surface area contributed by atoms with Crippen LogP contribution in [0.1, 0.15) is 98.7 Å². The maximum Gasteiger partial charge on any atom is 0.233 e. The van der Waals surface area contributed by atoms with Crippen molar-refractivity contribution >= 4 is 11.6 Å². The topological polar surface area (TPSA) is 97.7 Å². The largest absolute Gasteiger partial charge is 0.388 e. The van der Waals surface area contributed by atoms with E-state index in [1.165, 1.54) is 0 Å². The normalized spacial score (nSPS) is 45.7. The van der Waals surface area contributed by atoms with E-state index >= 15 is 0 Å².